The van der Waals surface area contributed by atoms with Gasteiger partial charge in [0.2, 0.25) is 0 Å². The van der Waals surface area contributed by atoms with Crippen molar-refractivity contribution in [2.45, 2.75) is 31.3 Å². The fraction of sp³-hybridized carbons (Fsp3) is 0.600. The van der Waals surface area contributed by atoms with Gasteiger partial charge in [-0.05, 0) is 11.0 Å². The Morgan fingerprint density at radius 2 is 2.00 bits per heavy atom. The van der Waals surface area contributed by atoms with Crippen LogP contribution in [0, 0.1) is 5.41 Å². The van der Waals surface area contributed by atoms with E-state index in [1.54, 1.807) is 0 Å². The Hall–Kier alpha value is -0.170. The van der Waals surface area contributed by atoms with E-state index >= 15 is 0 Å². The molecule has 0 aromatic rings. The van der Waals surface area contributed by atoms with Gasteiger partial charge in [-0.15, -0.1) is 11.8 Å². The fourth-order valence-electron chi connectivity index (χ4n) is 1.36. The Balaban J connectivity index is 2.21. The first-order valence-corrected chi connectivity index (χ1v) is 5.07. The van der Waals surface area contributed by atoms with Gasteiger partial charge in [-0.3, -0.25) is 0 Å². The van der Waals surface area contributed by atoms with Crippen molar-refractivity contribution in [2.24, 2.45) is 5.41 Å². The molecule has 1 fully saturated rings. The van der Waals surface area contributed by atoms with E-state index in [0.29, 0.717) is 5.41 Å². The van der Waals surface area contributed by atoms with E-state index in [9.17, 15) is 0 Å². The Morgan fingerprint density at radius 1 is 1.27 bits per heavy atom. The first-order valence-electron chi connectivity index (χ1n) is 4.13. The predicted octanol–water partition coefficient (Wildman–Crippen LogP) is 3.01. The zero-order valence-electron chi connectivity index (χ0n) is 7.29. The summed E-state index contributed by atoms with van der Waals surface area (Å²) in [5.41, 5.74) is 1.84. The van der Waals surface area contributed by atoms with E-state index in [0.717, 1.165) is 10.5 Å². The lowest BCUT2D eigenvalue weighted by Gasteiger charge is -2.21. The summed E-state index contributed by atoms with van der Waals surface area (Å²) in [6.07, 6.45) is 7.06. The molecule has 1 aliphatic carbocycles. The normalized spacial score (nSPS) is 34.6. The summed E-state index contributed by atoms with van der Waals surface area (Å²) in [6, 6.07) is 0. The van der Waals surface area contributed by atoms with Crippen molar-refractivity contribution in [3.05, 3.63) is 23.8 Å². The molecule has 2 aliphatic rings. The van der Waals surface area contributed by atoms with Crippen LogP contribution in [-0.4, -0.2) is 10.5 Å². The first kappa shape index (κ1) is 7.48. The molecule has 11 heavy (non-hydrogen) atoms. The average molecular weight is 166 g/mol. The monoisotopic (exact) mass is 166 g/mol. The van der Waals surface area contributed by atoms with E-state index in [2.05, 4.69) is 50.8 Å². The average Bonchev–Trinajstić information content (AvgIpc) is 2.60. The zero-order valence-corrected chi connectivity index (χ0v) is 8.11. The number of fused-ring (bicyclic) bond motifs is 1. The van der Waals surface area contributed by atoms with Crippen molar-refractivity contribution < 1.29 is 0 Å². The van der Waals surface area contributed by atoms with Gasteiger partial charge in [-0.2, -0.15) is 0 Å². The zero-order chi connectivity index (χ0) is 8.06. The van der Waals surface area contributed by atoms with Crippen LogP contribution in [0.2, 0.25) is 0 Å². The lowest BCUT2D eigenvalue weighted by molar-refractivity contribution is 0.514. The summed E-state index contributed by atoms with van der Waals surface area (Å²) >= 11 is 2.06. The van der Waals surface area contributed by atoms with Crippen LogP contribution in [-0.2, 0) is 0 Å². The summed E-state index contributed by atoms with van der Waals surface area (Å²) in [4.78, 5) is 0. The maximum Gasteiger partial charge on any atom is 0.0393 e. The molecule has 0 nitrogen and oxygen atoms in total. The maximum atomic E-state index is 2.43. The summed E-state index contributed by atoms with van der Waals surface area (Å²) in [5.74, 6) is 0. The van der Waals surface area contributed by atoms with Gasteiger partial charge in [0.1, 0.15) is 0 Å². The molecule has 0 aromatic carbocycles. The van der Waals surface area contributed by atoms with Crippen LogP contribution in [0.1, 0.15) is 20.8 Å². The molecule has 0 N–H and O–H groups in total. The second kappa shape index (κ2) is 2.16. The molecule has 0 spiro atoms. The van der Waals surface area contributed by atoms with E-state index in [1.165, 1.54) is 5.57 Å². The van der Waals surface area contributed by atoms with Gasteiger partial charge in [-0.25, -0.2) is 0 Å². The van der Waals surface area contributed by atoms with Crippen LogP contribution >= 0.6 is 11.8 Å². The van der Waals surface area contributed by atoms with E-state index in [-0.39, 0.29) is 0 Å². The molecule has 2 unspecified atom stereocenters. The van der Waals surface area contributed by atoms with Crippen LogP contribution in [0.15, 0.2) is 23.8 Å². The highest BCUT2D eigenvalue weighted by molar-refractivity contribution is 8.08. The summed E-state index contributed by atoms with van der Waals surface area (Å²) in [7, 11) is 0. The minimum atomic E-state index is 0.338. The third-order valence-electron chi connectivity index (χ3n) is 2.24. The first-order chi connectivity index (χ1) is 5.07. The number of rotatable bonds is 0. The van der Waals surface area contributed by atoms with Crippen LogP contribution < -0.4 is 0 Å². The topological polar surface area (TPSA) is 0 Å². The standard InChI is InChI=1S/C10H14S/c1-10(2,3)7-4-5-8-9(6-7)11-8/h4-6,8-9H,1-3H3. The third kappa shape index (κ3) is 1.39. The number of thioether (sulfide) groups is 1. The minimum absolute atomic E-state index is 0.338. The van der Waals surface area contributed by atoms with E-state index in [4.69, 9.17) is 0 Å². The Kier molecular flexibility index (Phi) is 1.47. The van der Waals surface area contributed by atoms with Crippen molar-refractivity contribution in [2.75, 3.05) is 0 Å². The van der Waals surface area contributed by atoms with Gasteiger partial charge in [0, 0.05) is 10.5 Å². The minimum Gasteiger partial charge on any atom is -0.144 e. The van der Waals surface area contributed by atoms with Crippen LogP contribution in [0.5, 0.6) is 0 Å². The molecular formula is C10H14S. The van der Waals surface area contributed by atoms with Crippen molar-refractivity contribution in [3.8, 4) is 0 Å². The third-order valence-corrected chi connectivity index (χ3v) is 3.43. The Bertz CT molecular complexity index is 230. The van der Waals surface area contributed by atoms with Gasteiger partial charge in [0.25, 0.3) is 0 Å². The van der Waals surface area contributed by atoms with Crippen molar-refractivity contribution in [1.82, 2.24) is 0 Å². The smallest absolute Gasteiger partial charge is 0.0393 e. The van der Waals surface area contributed by atoms with Gasteiger partial charge < -0.3 is 0 Å². The van der Waals surface area contributed by atoms with Crippen molar-refractivity contribution >= 4 is 11.8 Å². The molecule has 2 rings (SSSR count). The predicted molar refractivity (Wildman–Crippen MR) is 51.8 cm³/mol. The summed E-state index contributed by atoms with van der Waals surface area (Å²) < 4.78 is 0. The van der Waals surface area contributed by atoms with Gasteiger partial charge in [-0.1, -0.05) is 39.0 Å². The van der Waals surface area contributed by atoms with Crippen molar-refractivity contribution in [3.63, 3.8) is 0 Å². The molecule has 0 aromatic heterocycles. The highest BCUT2D eigenvalue weighted by atomic mass is 32.2. The van der Waals surface area contributed by atoms with Crippen molar-refractivity contribution in [1.29, 1.82) is 0 Å². The molecule has 0 bridgehead atoms. The second-order valence-electron chi connectivity index (χ2n) is 4.30. The number of allylic oxidation sites excluding steroid dienone is 2. The van der Waals surface area contributed by atoms with Crippen LogP contribution in [0.4, 0.5) is 0 Å². The van der Waals surface area contributed by atoms with Crippen LogP contribution in [0.25, 0.3) is 0 Å². The maximum absolute atomic E-state index is 2.43. The highest BCUT2D eigenvalue weighted by Gasteiger charge is 2.37. The molecule has 2 atom stereocenters. The molecular weight excluding hydrogens is 152 g/mol. The highest BCUT2D eigenvalue weighted by Crippen LogP contribution is 2.48. The molecule has 60 valence electrons. The molecule has 1 heteroatoms. The van der Waals surface area contributed by atoms with Crippen LogP contribution in [0.3, 0.4) is 0 Å². The fourth-order valence-corrected chi connectivity index (χ4v) is 2.19. The van der Waals surface area contributed by atoms with E-state index < -0.39 is 0 Å². The lowest BCUT2D eigenvalue weighted by Crippen LogP contribution is -2.10. The SMILES string of the molecule is CC(C)(C)C1=CC2SC2C=C1. The summed E-state index contributed by atoms with van der Waals surface area (Å²) in [6.45, 7) is 6.82. The molecule has 1 saturated heterocycles. The Labute approximate surface area is 72.8 Å². The van der Waals surface area contributed by atoms with Gasteiger partial charge in [0.15, 0.2) is 0 Å². The number of hydrogen-bond acceptors (Lipinski definition) is 1. The van der Waals surface area contributed by atoms with Gasteiger partial charge >= 0.3 is 0 Å². The Morgan fingerprint density at radius 3 is 2.55 bits per heavy atom. The van der Waals surface area contributed by atoms with E-state index in [1.807, 2.05) is 0 Å². The molecule has 0 saturated carbocycles. The van der Waals surface area contributed by atoms with Gasteiger partial charge in [0.05, 0.1) is 0 Å². The molecule has 1 aliphatic heterocycles. The molecule has 1 heterocycles. The quantitative estimate of drug-likeness (QED) is 0.498. The molecule has 0 amide bonds. The second-order valence-corrected chi connectivity index (χ2v) is 5.66. The largest absolute Gasteiger partial charge is 0.144 e. The number of hydrogen-bond donors (Lipinski definition) is 0. The molecule has 0 radical (unpaired) electrons. The summed E-state index contributed by atoms with van der Waals surface area (Å²) in [5, 5.41) is 1.63. The lowest BCUT2D eigenvalue weighted by atomic mass is 9.84.